The van der Waals surface area contributed by atoms with Gasteiger partial charge in [-0.25, -0.2) is 4.39 Å². The van der Waals surface area contributed by atoms with Crippen LogP contribution in [0.15, 0.2) is 16.6 Å². The van der Waals surface area contributed by atoms with E-state index in [9.17, 15) is 22.4 Å². The van der Waals surface area contributed by atoms with Crippen molar-refractivity contribution in [3.05, 3.63) is 33.5 Å². The molecule has 0 fully saturated rings. The molecule has 0 N–H and O–H groups in total. The molecule has 0 aromatic heterocycles. The zero-order valence-corrected chi connectivity index (χ0v) is 9.17. The van der Waals surface area contributed by atoms with E-state index in [-0.39, 0.29) is 0 Å². The summed E-state index contributed by atoms with van der Waals surface area (Å²) >= 11 is 7.39. The van der Waals surface area contributed by atoms with E-state index in [1.165, 1.54) is 0 Å². The maximum atomic E-state index is 12.9. The molecule has 0 heterocycles. The monoisotopic (exact) mass is 304 g/mol. The Balaban J connectivity index is 3.57. The van der Waals surface area contributed by atoms with Crippen molar-refractivity contribution in [1.82, 2.24) is 0 Å². The van der Waals surface area contributed by atoms with E-state index in [2.05, 4.69) is 15.9 Å². The molecule has 1 nitrogen and oxygen atoms in total. The lowest BCUT2D eigenvalue weighted by Gasteiger charge is -2.12. The third-order valence-corrected chi connectivity index (χ3v) is 2.57. The SMILES string of the molecule is O=C(Cl)c1ccc(F)c(Br)c1C(F)(F)F. The van der Waals surface area contributed by atoms with Crippen molar-refractivity contribution in [3.8, 4) is 0 Å². The average Bonchev–Trinajstić information content (AvgIpc) is 2.06. The number of carbonyl (C=O) groups excluding carboxylic acids is 1. The Labute approximate surface area is 95.2 Å². The van der Waals surface area contributed by atoms with Crippen molar-refractivity contribution in [2.24, 2.45) is 0 Å². The van der Waals surface area contributed by atoms with Crippen LogP contribution in [0, 0.1) is 5.82 Å². The minimum absolute atomic E-state index is 0.693. The molecule has 0 aliphatic heterocycles. The highest BCUT2D eigenvalue weighted by atomic mass is 79.9. The first kappa shape index (κ1) is 12.4. The molecule has 0 aliphatic carbocycles. The largest absolute Gasteiger partial charge is 0.418 e. The summed E-state index contributed by atoms with van der Waals surface area (Å²) in [5.41, 5.74) is -2.18. The van der Waals surface area contributed by atoms with Crippen molar-refractivity contribution in [3.63, 3.8) is 0 Å². The number of rotatable bonds is 1. The normalized spacial score (nSPS) is 11.6. The summed E-state index contributed by atoms with van der Waals surface area (Å²) in [7, 11) is 0. The van der Waals surface area contributed by atoms with Crippen molar-refractivity contribution in [2.75, 3.05) is 0 Å². The molecule has 0 bridgehead atoms. The van der Waals surface area contributed by atoms with E-state index < -0.39 is 32.8 Å². The second kappa shape index (κ2) is 4.09. The summed E-state index contributed by atoms with van der Waals surface area (Å²) in [5.74, 6) is -1.11. The number of hydrogen-bond donors (Lipinski definition) is 0. The summed E-state index contributed by atoms with van der Waals surface area (Å²) in [6, 6.07) is 1.42. The van der Waals surface area contributed by atoms with Gasteiger partial charge in [0.25, 0.3) is 5.24 Å². The van der Waals surface area contributed by atoms with Crippen LogP contribution in [0.5, 0.6) is 0 Å². The zero-order chi connectivity index (χ0) is 11.8. The van der Waals surface area contributed by atoms with Crippen LogP contribution in [-0.4, -0.2) is 5.24 Å². The van der Waals surface area contributed by atoms with Gasteiger partial charge >= 0.3 is 6.18 Å². The lowest BCUT2D eigenvalue weighted by molar-refractivity contribution is -0.138. The topological polar surface area (TPSA) is 17.1 Å². The average molecular weight is 305 g/mol. The molecule has 1 aromatic carbocycles. The fraction of sp³-hybridized carbons (Fsp3) is 0.125. The van der Waals surface area contributed by atoms with E-state index in [1.54, 1.807) is 0 Å². The van der Waals surface area contributed by atoms with Gasteiger partial charge in [-0.2, -0.15) is 13.2 Å². The lowest BCUT2D eigenvalue weighted by atomic mass is 10.1. The van der Waals surface area contributed by atoms with Gasteiger partial charge in [0, 0.05) is 5.56 Å². The van der Waals surface area contributed by atoms with Crippen molar-refractivity contribution in [1.29, 1.82) is 0 Å². The van der Waals surface area contributed by atoms with Crippen molar-refractivity contribution in [2.45, 2.75) is 6.18 Å². The second-order valence-corrected chi connectivity index (χ2v) is 3.69. The Morgan fingerprint density at radius 3 is 2.27 bits per heavy atom. The summed E-state index contributed by atoms with van der Waals surface area (Å²) in [4.78, 5) is 10.7. The Morgan fingerprint density at radius 2 is 1.87 bits per heavy atom. The van der Waals surface area contributed by atoms with Crippen LogP contribution in [0.3, 0.4) is 0 Å². The third-order valence-electron chi connectivity index (χ3n) is 1.59. The Hall–Kier alpha value is -0.620. The van der Waals surface area contributed by atoms with E-state index in [0.29, 0.717) is 6.07 Å². The van der Waals surface area contributed by atoms with Gasteiger partial charge in [-0.05, 0) is 39.7 Å². The molecule has 0 unspecified atom stereocenters. The lowest BCUT2D eigenvalue weighted by Crippen LogP contribution is -2.13. The predicted octanol–water partition coefficient (Wildman–Crippen LogP) is 3.99. The molecule has 0 spiro atoms. The number of halogens is 6. The molecule has 1 aromatic rings. The standard InChI is InChI=1S/C8H2BrClF4O/c9-6-4(11)2-1-3(7(10)15)5(6)8(12,13)14/h1-2H. The molecular weight excluding hydrogens is 303 g/mol. The quantitative estimate of drug-likeness (QED) is 0.566. The van der Waals surface area contributed by atoms with Crippen LogP contribution in [0.4, 0.5) is 17.6 Å². The summed E-state index contributed by atoms with van der Waals surface area (Å²) in [6.07, 6.45) is -4.85. The molecule has 82 valence electrons. The molecule has 0 saturated heterocycles. The first-order chi connectivity index (χ1) is 6.75. The molecule has 1 rings (SSSR count). The molecule has 0 amide bonds. The van der Waals surface area contributed by atoms with E-state index in [4.69, 9.17) is 11.6 Å². The van der Waals surface area contributed by atoms with E-state index >= 15 is 0 Å². The molecule has 0 radical (unpaired) electrons. The first-order valence-corrected chi connectivity index (χ1v) is 4.67. The Kier molecular flexibility index (Phi) is 3.40. The Bertz CT molecular complexity index is 416. The smallest absolute Gasteiger partial charge is 0.276 e. The highest BCUT2D eigenvalue weighted by molar-refractivity contribution is 9.10. The van der Waals surface area contributed by atoms with Gasteiger partial charge in [-0.15, -0.1) is 0 Å². The molecule has 0 atom stereocenters. The molecular formula is C8H2BrClF4O. The Morgan fingerprint density at radius 1 is 1.33 bits per heavy atom. The molecule has 0 aliphatic rings. The summed E-state index contributed by atoms with van der Waals surface area (Å²) < 4.78 is 49.4. The third kappa shape index (κ3) is 2.49. The van der Waals surface area contributed by atoms with Crippen LogP contribution in [0.2, 0.25) is 0 Å². The van der Waals surface area contributed by atoms with Gasteiger partial charge in [0.05, 0.1) is 10.0 Å². The molecule has 7 heteroatoms. The van der Waals surface area contributed by atoms with Crippen LogP contribution in [0.25, 0.3) is 0 Å². The summed E-state index contributed by atoms with van der Waals surface area (Å²) in [5, 5.41) is -1.29. The van der Waals surface area contributed by atoms with Crippen LogP contribution < -0.4 is 0 Å². The molecule has 0 saturated carbocycles. The van der Waals surface area contributed by atoms with Crippen molar-refractivity contribution < 1.29 is 22.4 Å². The van der Waals surface area contributed by atoms with Gasteiger partial charge < -0.3 is 0 Å². The van der Waals surface area contributed by atoms with Crippen LogP contribution >= 0.6 is 27.5 Å². The number of benzene rings is 1. The van der Waals surface area contributed by atoms with E-state index in [0.717, 1.165) is 6.07 Å². The fourth-order valence-electron chi connectivity index (χ4n) is 0.992. The maximum absolute atomic E-state index is 12.9. The van der Waals surface area contributed by atoms with Gasteiger partial charge in [-0.3, -0.25) is 4.79 Å². The minimum Gasteiger partial charge on any atom is -0.276 e. The minimum atomic E-state index is -4.85. The number of hydrogen-bond acceptors (Lipinski definition) is 1. The second-order valence-electron chi connectivity index (χ2n) is 2.56. The van der Waals surface area contributed by atoms with E-state index in [1.807, 2.05) is 0 Å². The highest BCUT2D eigenvalue weighted by Crippen LogP contribution is 2.39. The summed E-state index contributed by atoms with van der Waals surface area (Å²) in [6.45, 7) is 0. The molecule has 15 heavy (non-hydrogen) atoms. The van der Waals surface area contributed by atoms with Gasteiger partial charge in [0.1, 0.15) is 5.82 Å². The van der Waals surface area contributed by atoms with Crippen LogP contribution in [0.1, 0.15) is 15.9 Å². The first-order valence-electron chi connectivity index (χ1n) is 3.50. The van der Waals surface area contributed by atoms with Gasteiger partial charge in [-0.1, -0.05) is 0 Å². The fourth-order valence-corrected chi connectivity index (χ4v) is 1.72. The predicted molar refractivity (Wildman–Crippen MR) is 49.3 cm³/mol. The van der Waals surface area contributed by atoms with Crippen LogP contribution in [-0.2, 0) is 6.18 Å². The van der Waals surface area contributed by atoms with Gasteiger partial charge in [0.15, 0.2) is 0 Å². The number of carbonyl (C=O) groups is 1. The van der Waals surface area contributed by atoms with Gasteiger partial charge in [0.2, 0.25) is 0 Å². The maximum Gasteiger partial charge on any atom is 0.418 e. The number of alkyl halides is 3. The van der Waals surface area contributed by atoms with Crippen molar-refractivity contribution >= 4 is 32.8 Å². The zero-order valence-electron chi connectivity index (χ0n) is 6.83. The highest BCUT2D eigenvalue weighted by Gasteiger charge is 2.38.